The Morgan fingerprint density at radius 1 is 1.39 bits per heavy atom. The molecule has 1 aromatic carbocycles. The van der Waals surface area contributed by atoms with Crippen molar-refractivity contribution in [2.24, 2.45) is 5.92 Å². The van der Waals surface area contributed by atoms with Crippen molar-refractivity contribution in [3.8, 4) is 0 Å². The molecule has 1 saturated carbocycles. The molecule has 1 N–H and O–H groups in total. The Morgan fingerprint density at radius 2 is 2.13 bits per heavy atom. The van der Waals surface area contributed by atoms with Crippen molar-refractivity contribution in [3.05, 3.63) is 29.8 Å². The zero-order valence-electron chi connectivity index (χ0n) is 13.8. The maximum atomic E-state index is 12.5. The van der Waals surface area contributed by atoms with Crippen molar-refractivity contribution in [3.63, 3.8) is 0 Å². The van der Waals surface area contributed by atoms with Crippen molar-refractivity contribution in [2.45, 2.75) is 30.7 Å². The normalized spacial score (nSPS) is 20.8. The Labute approximate surface area is 137 Å². The Balaban J connectivity index is 2.15. The third kappa shape index (κ3) is 4.10. The zero-order chi connectivity index (χ0) is 17.0. The maximum absolute atomic E-state index is 12.5. The van der Waals surface area contributed by atoms with Crippen molar-refractivity contribution in [1.29, 1.82) is 0 Å². The first-order chi connectivity index (χ1) is 10.9. The number of carbonyl (C=O) groups excluding carboxylic acids is 1. The maximum Gasteiger partial charge on any atom is 0.253 e. The van der Waals surface area contributed by atoms with Gasteiger partial charge >= 0.3 is 0 Å². The van der Waals surface area contributed by atoms with E-state index in [4.69, 9.17) is 4.74 Å². The molecule has 0 unspecified atom stereocenters. The van der Waals surface area contributed by atoms with Crippen LogP contribution in [-0.4, -0.2) is 52.6 Å². The molecule has 1 fully saturated rings. The Kier molecular flexibility index (Phi) is 5.78. The fourth-order valence-electron chi connectivity index (χ4n) is 2.57. The Bertz CT molecular complexity index is 660. The molecular formula is C16H24N2O4S. The number of carbonyl (C=O) groups is 1. The number of benzene rings is 1. The van der Waals surface area contributed by atoms with Crippen LogP contribution in [0.1, 0.15) is 30.1 Å². The smallest absolute Gasteiger partial charge is 0.253 e. The highest BCUT2D eigenvalue weighted by Gasteiger charge is 2.34. The lowest BCUT2D eigenvalue weighted by atomic mass is 9.81. The van der Waals surface area contributed by atoms with Gasteiger partial charge in [-0.2, -0.15) is 0 Å². The van der Waals surface area contributed by atoms with Crippen molar-refractivity contribution in [1.82, 2.24) is 9.62 Å². The number of nitrogens with zero attached hydrogens (tertiary/aromatic N) is 1. The zero-order valence-corrected chi connectivity index (χ0v) is 14.6. The van der Waals surface area contributed by atoms with E-state index in [1.54, 1.807) is 31.2 Å². The van der Waals surface area contributed by atoms with E-state index in [0.29, 0.717) is 18.7 Å². The van der Waals surface area contributed by atoms with E-state index in [0.717, 1.165) is 12.8 Å². The third-order valence-corrected chi connectivity index (χ3v) is 5.80. The second-order valence-corrected chi connectivity index (χ2v) is 7.58. The predicted molar refractivity (Wildman–Crippen MR) is 87.8 cm³/mol. The van der Waals surface area contributed by atoms with Gasteiger partial charge in [-0.05, 0) is 43.9 Å². The molecule has 0 aliphatic heterocycles. The summed E-state index contributed by atoms with van der Waals surface area (Å²) in [6.45, 7) is 2.98. The molecule has 1 aromatic rings. The monoisotopic (exact) mass is 340 g/mol. The van der Waals surface area contributed by atoms with E-state index >= 15 is 0 Å². The van der Waals surface area contributed by atoms with Gasteiger partial charge in [-0.1, -0.05) is 6.07 Å². The van der Waals surface area contributed by atoms with Gasteiger partial charge in [0, 0.05) is 32.3 Å². The van der Waals surface area contributed by atoms with Crippen LogP contribution in [0.25, 0.3) is 0 Å². The molecule has 0 bridgehead atoms. The number of amides is 1. The summed E-state index contributed by atoms with van der Waals surface area (Å²) in [6, 6.07) is 6.07. The minimum atomic E-state index is -3.64. The number of nitrogens with one attached hydrogen (secondary N) is 1. The topological polar surface area (TPSA) is 75.7 Å². The number of hydrogen-bond donors (Lipinski definition) is 1. The van der Waals surface area contributed by atoms with Crippen molar-refractivity contribution < 1.29 is 17.9 Å². The summed E-state index contributed by atoms with van der Waals surface area (Å²) >= 11 is 0. The highest BCUT2D eigenvalue weighted by molar-refractivity contribution is 7.89. The van der Waals surface area contributed by atoms with E-state index in [1.807, 2.05) is 6.92 Å². The quantitative estimate of drug-likeness (QED) is 0.816. The Hall–Kier alpha value is -1.44. The first kappa shape index (κ1) is 17.9. The van der Waals surface area contributed by atoms with Gasteiger partial charge in [0.05, 0.1) is 11.5 Å². The number of hydrogen-bond acceptors (Lipinski definition) is 4. The first-order valence-electron chi connectivity index (χ1n) is 7.75. The molecular weight excluding hydrogens is 316 g/mol. The second-order valence-electron chi connectivity index (χ2n) is 5.87. The fourth-order valence-corrected chi connectivity index (χ4v) is 3.95. The van der Waals surface area contributed by atoms with Crippen LogP contribution in [0.2, 0.25) is 0 Å². The third-order valence-electron chi connectivity index (χ3n) is 4.32. The summed E-state index contributed by atoms with van der Waals surface area (Å²) in [4.78, 5) is 13.8. The fraction of sp³-hybridized carbons (Fsp3) is 0.562. The minimum Gasteiger partial charge on any atom is -0.384 e. The predicted octanol–water partition coefficient (Wildman–Crippen LogP) is 1.48. The molecule has 1 amide bonds. The summed E-state index contributed by atoms with van der Waals surface area (Å²) in [6.07, 6.45) is 1.77. The lowest BCUT2D eigenvalue weighted by Gasteiger charge is -2.36. The molecule has 0 aromatic heterocycles. The van der Waals surface area contributed by atoms with Crippen LogP contribution in [0.5, 0.6) is 0 Å². The molecule has 128 valence electrons. The van der Waals surface area contributed by atoms with Crippen molar-refractivity contribution >= 4 is 15.9 Å². The number of methoxy groups -OCH3 is 1. The SMILES string of the molecule is CCN(C)C(=O)c1cccc(S(=O)(=O)N[C@@H]2CC[C@@H]2COC)c1. The van der Waals surface area contributed by atoms with Gasteiger partial charge in [0.1, 0.15) is 0 Å². The summed E-state index contributed by atoms with van der Waals surface area (Å²) in [5.41, 5.74) is 0.374. The highest BCUT2D eigenvalue weighted by atomic mass is 32.2. The largest absolute Gasteiger partial charge is 0.384 e. The molecule has 6 nitrogen and oxygen atoms in total. The van der Waals surface area contributed by atoms with E-state index in [1.165, 1.54) is 12.1 Å². The van der Waals surface area contributed by atoms with Gasteiger partial charge in [0.25, 0.3) is 5.91 Å². The average molecular weight is 340 g/mol. The summed E-state index contributed by atoms with van der Waals surface area (Å²) in [5, 5.41) is 0. The van der Waals surface area contributed by atoms with Crippen LogP contribution in [0.4, 0.5) is 0 Å². The highest BCUT2D eigenvalue weighted by Crippen LogP contribution is 2.29. The van der Waals surface area contributed by atoms with Gasteiger partial charge in [0.15, 0.2) is 0 Å². The van der Waals surface area contributed by atoms with Crippen LogP contribution < -0.4 is 4.72 Å². The van der Waals surface area contributed by atoms with E-state index in [-0.39, 0.29) is 22.8 Å². The first-order valence-corrected chi connectivity index (χ1v) is 9.24. The Morgan fingerprint density at radius 3 is 2.70 bits per heavy atom. The van der Waals surface area contributed by atoms with E-state index < -0.39 is 10.0 Å². The van der Waals surface area contributed by atoms with Gasteiger partial charge in [0.2, 0.25) is 10.0 Å². The molecule has 7 heteroatoms. The second kappa shape index (κ2) is 7.42. The molecule has 23 heavy (non-hydrogen) atoms. The standard InChI is InChI=1S/C16H24N2O4S/c1-4-18(2)16(19)12-6-5-7-14(10-12)23(20,21)17-15-9-8-13(15)11-22-3/h5-7,10,13,15,17H,4,8-9,11H2,1-3H3/t13-,15-/m1/s1. The van der Waals surface area contributed by atoms with Crippen LogP contribution in [0, 0.1) is 5.92 Å². The number of sulfonamides is 1. The average Bonchev–Trinajstić information content (AvgIpc) is 2.55. The molecule has 2 atom stereocenters. The molecule has 2 rings (SSSR count). The number of rotatable bonds is 7. The summed E-state index contributed by atoms with van der Waals surface area (Å²) in [5.74, 6) is 0.0243. The van der Waals surface area contributed by atoms with Crippen LogP contribution in [-0.2, 0) is 14.8 Å². The minimum absolute atomic E-state index is 0.0994. The van der Waals surface area contributed by atoms with Crippen LogP contribution in [0.15, 0.2) is 29.2 Å². The lowest BCUT2D eigenvalue weighted by Crippen LogP contribution is -2.48. The summed E-state index contributed by atoms with van der Waals surface area (Å²) < 4.78 is 32.9. The lowest BCUT2D eigenvalue weighted by molar-refractivity contribution is 0.0802. The number of ether oxygens (including phenoxy) is 1. The van der Waals surface area contributed by atoms with Gasteiger partial charge in [-0.25, -0.2) is 13.1 Å². The van der Waals surface area contributed by atoms with E-state index in [2.05, 4.69) is 4.72 Å². The van der Waals surface area contributed by atoms with E-state index in [9.17, 15) is 13.2 Å². The molecule has 0 heterocycles. The van der Waals surface area contributed by atoms with Crippen LogP contribution >= 0.6 is 0 Å². The van der Waals surface area contributed by atoms with Gasteiger partial charge < -0.3 is 9.64 Å². The van der Waals surface area contributed by atoms with Crippen molar-refractivity contribution in [2.75, 3.05) is 27.3 Å². The van der Waals surface area contributed by atoms with Gasteiger partial charge in [-0.15, -0.1) is 0 Å². The summed E-state index contributed by atoms with van der Waals surface area (Å²) in [7, 11) is -0.336. The molecule has 0 saturated heterocycles. The van der Waals surface area contributed by atoms with Gasteiger partial charge in [-0.3, -0.25) is 4.79 Å². The molecule has 1 aliphatic rings. The molecule has 0 spiro atoms. The molecule has 1 aliphatic carbocycles. The van der Waals surface area contributed by atoms with Crippen LogP contribution in [0.3, 0.4) is 0 Å². The molecule has 0 radical (unpaired) electrons.